The average Bonchev–Trinajstić information content (AvgIpc) is 2.23. The molecule has 1 aliphatic heterocycles. The summed E-state index contributed by atoms with van der Waals surface area (Å²) in [5.74, 6) is 0.694. The van der Waals surface area contributed by atoms with Crippen molar-refractivity contribution in [2.45, 2.75) is 32.6 Å². The summed E-state index contributed by atoms with van der Waals surface area (Å²) >= 11 is 0. The zero-order valence-corrected chi connectivity index (χ0v) is 9.34. The summed E-state index contributed by atoms with van der Waals surface area (Å²) in [6.07, 6.45) is 1.65. The Morgan fingerprint density at radius 2 is 2.13 bits per heavy atom. The standard InChI is InChI=1S/C13H17NO/c1-9-3-4-10(2)12(7-9)11-5-6-13(15)14-8-11/h3-4,7,11H,5-6,8H2,1-2H3,(H,14,15). The van der Waals surface area contributed by atoms with E-state index < -0.39 is 0 Å². The second-order valence-electron chi connectivity index (χ2n) is 4.40. The zero-order chi connectivity index (χ0) is 10.8. The first-order valence-electron chi connectivity index (χ1n) is 5.50. The van der Waals surface area contributed by atoms with Gasteiger partial charge in [0.25, 0.3) is 0 Å². The number of rotatable bonds is 1. The van der Waals surface area contributed by atoms with Crippen LogP contribution in [-0.4, -0.2) is 12.5 Å². The molecule has 1 aromatic rings. The molecule has 1 N–H and O–H groups in total. The summed E-state index contributed by atoms with van der Waals surface area (Å²) in [7, 11) is 0. The predicted octanol–water partition coefficient (Wildman–Crippen LogP) is 2.30. The molecule has 2 nitrogen and oxygen atoms in total. The van der Waals surface area contributed by atoms with E-state index in [0.29, 0.717) is 12.3 Å². The normalized spacial score (nSPS) is 21.2. The Morgan fingerprint density at radius 1 is 1.33 bits per heavy atom. The van der Waals surface area contributed by atoms with Gasteiger partial charge in [-0.3, -0.25) is 4.79 Å². The van der Waals surface area contributed by atoms with Gasteiger partial charge >= 0.3 is 0 Å². The number of aryl methyl sites for hydroxylation is 2. The Balaban J connectivity index is 2.21. The summed E-state index contributed by atoms with van der Waals surface area (Å²) in [5.41, 5.74) is 4.03. The minimum Gasteiger partial charge on any atom is -0.355 e. The first-order chi connectivity index (χ1) is 7.16. The lowest BCUT2D eigenvalue weighted by molar-refractivity contribution is -0.122. The predicted molar refractivity (Wildman–Crippen MR) is 60.9 cm³/mol. The van der Waals surface area contributed by atoms with E-state index in [0.717, 1.165) is 13.0 Å². The van der Waals surface area contributed by atoms with E-state index in [2.05, 4.69) is 37.4 Å². The number of nitrogens with one attached hydrogen (secondary N) is 1. The molecular formula is C13H17NO. The quantitative estimate of drug-likeness (QED) is 0.745. The van der Waals surface area contributed by atoms with Gasteiger partial charge in [0, 0.05) is 18.9 Å². The van der Waals surface area contributed by atoms with Crippen LogP contribution in [0.5, 0.6) is 0 Å². The molecule has 0 radical (unpaired) electrons. The number of carbonyl (C=O) groups excluding carboxylic acids is 1. The lowest BCUT2D eigenvalue weighted by Gasteiger charge is -2.24. The van der Waals surface area contributed by atoms with E-state index in [1.54, 1.807) is 0 Å². The van der Waals surface area contributed by atoms with Gasteiger partial charge in [-0.2, -0.15) is 0 Å². The molecule has 1 unspecified atom stereocenters. The lowest BCUT2D eigenvalue weighted by atomic mass is 9.88. The molecule has 1 aliphatic rings. The van der Waals surface area contributed by atoms with Gasteiger partial charge in [-0.1, -0.05) is 23.8 Å². The van der Waals surface area contributed by atoms with Crippen LogP contribution in [0.4, 0.5) is 0 Å². The van der Waals surface area contributed by atoms with Crippen LogP contribution in [0, 0.1) is 13.8 Å². The topological polar surface area (TPSA) is 29.1 Å². The smallest absolute Gasteiger partial charge is 0.220 e. The Hall–Kier alpha value is -1.31. The van der Waals surface area contributed by atoms with Gasteiger partial charge in [-0.05, 0) is 31.4 Å². The van der Waals surface area contributed by atoms with Crippen molar-refractivity contribution in [3.63, 3.8) is 0 Å². The van der Waals surface area contributed by atoms with Crippen LogP contribution in [0.15, 0.2) is 18.2 Å². The molecule has 1 amide bonds. The van der Waals surface area contributed by atoms with Crippen LogP contribution in [0.3, 0.4) is 0 Å². The minimum absolute atomic E-state index is 0.191. The van der Waals surface area contributed by atoms with Gasteiger partial charge in [0.2, 0.25) is 5.91 Å². The number of amides is 1. The summed E-state index contributed by atoms with van der Waals surface area (Å²) < 4.78 is 0. The summed E-state index contributed by atoms with van der Waals surface area (Å²) in [4.78, 5) is 11.1. The molecule has 80 valence electrons. The van der Waals surface area contributed by atoms with Crippen molar-refractivity contribution in [1.29, 1.82) is 0 Å². The highest BCUT2D eigenvalue weighted by atomic mass is 16.1. The highest BCUT2D eigenvalue weighted by Crippen LogP contribution is 2.26. The minimum atomic E-state index is 0.191. The zero-order valence-electron chi connectivity index (χ0n) is 9.34. The van der Waals surface area contributed by atoms with Crippen molar-refractivity contribution in [2.75, 3.05) is 6.54 Å². The first kappa shape index (κ1) is 10.2. The maximum Gasteiger partial charge on any atom is 0.220 e. The maximum atomic E-state index is 11.1. The van der Waals surface area contributed by atoms with Crippen LogP contribution in [0.1, 0.15) is 35.4 Å². The Labute approximate surface area is 90.7 Å². The molecule has 0 aliphatic carbocycles. The number of hydrogen-bond acceptors (Lipinski definition) is 1. The maximum absolute atomic E-state index is 11.1. The van der Waals surface area contributed by atoms with E-state index in [-0.39, 0.29) is 5.91 Å². The molecule has 1 fully saturated rings. The van der Waals surface area contributed by atoms with E-state index in [9.17, 15) is 4.79 Å². The molecule has 2 rings (SSSR count). The molecule has 0 saturated carbocycles. The second kappa shape index (κ2) is 4.05. The Kier molecular flexibility index (Phi) is 2.76. The Morgan fingerprint density at radius 3 is 2.80 bits per heavy atom. The third kappa shape index (κ3) is 2.20. The van der Waals surface area contributed by atoms with Gasteiger partial charge in [0.1, 0.15) is 0 Å². The van der Waals surface area contributed by atoms with E-state index >= 15 is 0 Å². The van der Waals surface area contributed by atoms with Gasteiger partial charge in [-0.15, -0.1) is 0 Å². The van der Waals surface area contributed by atoms with E-state index in [4.69, 9.17) is 0 Å². The number of benzene rings is 1. The molecule has 1 heterocycles. The van der Waals surface area contributed by atoms with Crippen LogP contribution >= 0.6 is 0 Å². The molecule has 1 atom stereocenters. The molecule has 2 heteroatoms. The van der Waals surface area contributed by atoms with Gasteiger partial charge < -0.3 is 5.32 Å². The second-order valence-corrected chi connectivity index (χ2v) is 4.40. The molecule has 0 aromatic heterocycles. The summed E-state index contributed by atoms with van der Waals surface area (Å²) in [6.45, 7) is 5.05. The summed E-state index contributed by atoms with van der Waals surface area (Å²) in [6, 6.07) is 6.55. The van der Waals surface area contributed by atoms with Crippen molar-refractivity contribution in [2.24, 2.45) is 0 Å². The molecule has 1 saturated heterocycles. The fraction of sp³-hybridized carbons (Fsp3) is 0.462. The van der Waals surface area contributed by atoms with Crippen LogP contribution in [-0.2, 0) is 4.79 Å². The third-order valence-corrected chi connectivity index (χ3v) is 3.14. The SMILES string of the molecule is Cc1ccc(C)c(C2CCC(=O)NC2)c1. The fourth-order valence-electron chi connectivity index (χ4n) is 2.20. The van der Waals surface area contributed by atoms with E-state index in [1.165, 1.54) is 16.7 Å². The van der Waals surface area contributed by atoms with Gasteiger partial charge in [0.15, 0.2) is 0 Å². The molecule has 0 spiro atoms. The summed E-state index contributed by atoms with van der Waals surface area (Å²) in [5, 5.41) is 2.94. The van der Waals surface area contributed by atoms with E-state index in [1.807, 2.05) is 0 Å². The first-order valence-corrected chi connectivity index (χ1v) is 5.50. The molecule has 0 bridgehead atoms. The van der Waals surface area contributed by atoms with Crippen molar-refractivity contribution < 1.29 is 4.79 Å². The van der Waals surface area contributed by atoms with Crippen molar-refractivity contribution in [3.05, 3.63) is 34.9 Å². The van der Waals surface area contributed by atoms with Crippen molar-refractivity contribution in [1.82, 2.24) is 5.32 Å². The average molecular weight is 203 g/mol. The molecule has 1 aromatic carbocycles. The molecule has 15 heavy (non-hydrogen) atoms. The van der Waals surface area contributed by atoms with Crippen molar-refractivity contribution in [3.8, 4) is 0 Å². The van der Waals surface area contributed by atoms with Crippen LogP contribution in [0.2, 0.25) is 0 Å². The number of hydrogen-bond donors (Lipinski definition) is 1. The van der Waals surface area contributed by atoms with Crippen molar-refractivity contribution >= 4 is 5.91 Å². The number of piperidine rings is 1. The Bertz CT molecular complexity index is 374. The van der Waals surface area contributed by atoms with Crippen LogP contribution in [0.25, 0.3) is 0 Å². The fourth-order valence-corrected chi connectivity index (χ4v) is 2.20. The lowest BCUT2D eigenvalue weighted by Crippen LogP contribution is -2.33. The van der Waals surface area contributed by atoms with Gasteiger partial charge in [0.05, 0.1) is 0 Å². The monoisotopic (exact) mass is 203 g/mol. The highest BCUT2D eigenvalue weighted by Gasteiger charge is 2.20. The third-order valence-electron chi connectivity index (χ3n) is 3.14. The van der Waals surface area contributed by atoms with Crippen LogP contribution < -0.4 is 5.32 Å². The van der Waals surface area contributed by atoms with Gasteiger partial charge in [-0.25, -0.2) is 0 Å². The molecular weight excluding hydrogens is 186 g/mol. The highest BCUT2D eigenvalue weighted by molar-refractivity contribution is 5.76. The number of carbonyl (C=O) groups is 1. The largest absolute Gasteiger partial charge is 0.355 e.